The van der Waals surface area contributed by atoms with Crippen molar-refractivity contribution in [3.63, 3.8) is 0 Å². The lowest BCUT2D eigenvalue weighted by Crippen LogP contribution is -2.56. The van der Waals surface area contributed by atoms with Gasteiger partial charge in [0.15, 0.2) is 0 Å². The standard InChI is InChI=1S/C23H27ClN2O6/c1-3-11-25(15-7-5-14(24)6-8-15)20(29)18-23-10-9-22(2,32-23)17(21(30)31)16(23)19(28)26(18)12-4-13-27/h3,5-8,16-18,27H,1,4,9-13H2,2H3,(H,30,31)/t16-,17+,18?,22-,23?/m0/s1. The zero-order valence-corrected chi connectivity index (χ0v) is 18.6. The van der Waals surface area contributed by atoms with Crippen LogP contribution in [0.4, 0.5) is 5.69 Å². The fraction of sp³-hybridized carbons (Fsp3) is 0.522. The highest BCUT2D eigenvalue weighted by molar-refractivity contribution is 6.30. The van der Waals surface area contributed by atoms with Crippen molar-refractivity contribution >= 4 is 35.1 Å². The van der Waals surface area contributed by atoms with Crippen LogP contribution in [-0.4, -0.2) is 69.8 Å². The van der Waals surface area contributed by atoms with Crippen LogP contribution in [0.3, 0.4) is 0 Å². The quantitative estimate of drug-likeness (QED) is 0.573. The molecule has 2 N–H and O–H groups in total. The number of carboxylic acids is 1. The van der Waals surface area contributed by atoms with Crippen molar-refractivity contribution in [3.05, 3.63) is 41.9 Å². The summed E-state index contributed by atoms with van der Waals surface area (Å²) in [6.07, 6.45) is 2.73. The van der Waals surface area contributed by atoms with Crippen LogP contribution in [0.25, 0.3) is 0 Å². The number of carbonyl (C=O) groups excluding carboxylic acids is 2. The number of amides is 2. The van der Waals surface area contributed by atoms with E-state index in [1.807, 2.05) is 0 Å². The zero-order chi connectivity index (χ0) is 23.3. The van der Waals surface area contributed by atoms with Gasteiger partial charge in [-0.25, -0.2) is 0 Å². The molecule has 3 aliphatic rings. The minimum atomic E-state index is -1.22. The Kier molecular flexibility index (Phi) is 5.81. The number of aliphatic carboxylic acids is 1. The maximum absolute atomic E-state index is 14.0. The Balaban J connectivity index is 1.79. The van der Waals surface area contributed by atoms with Gasteiger partial charge in [-0.1, -0.05) is 17.7 Å². The van der Waals surface area contributed by atoms with Crippen molar-refractivity contribution in [2.75, 3.05) is 24.6 Å². The van der Waals surface area contributed by atoms with Crippen molar-refractivity contribution in [1.29, 1.82) is 0 Å². The van der Waals surface area contributed by atoms with E-state index >= 15 is 0 Å². The van der Waals surface area contributed by atoms with Gasteiger partial charge in [0.05, 0.1) is 17.4 Å². The molecule has 172 valence electrons. The van der Waals surface area contributed by atoms with Gasteiger partial charge in [0, 0.05) is 30.4 Å². The fourth-order valence-electron chi connectivity index (χ4n) is 5.78. The molecule has 1 spiro atoms. The highest BCUT2D eigenvalue weighted by Gasteiger charge is 2.78. The number of benzene rings is 1. The van der Waals surface area contributed by atoms with E-state index in [1.165, 1.54) is 9.80 Å². The minimum absolute atomic E-state index is 0.138. The first-order valence-corrected chi connectivity index (χ1v) is 11.1. The molecule has 2 amide bonds. The Morgan fingerprint density at radius 2 is 2.03 bits per heavy atom. The van der Waals surface area contributed by atoms with E-state index in [-0.39, 0.29) is 32.0 Å². The number of hydrogen-bond donors (Lipinski definition) is 2. The second kappa shape index (κ2) is 8.17. The Morgan fingerprint density at radius 3 is 2.62 bits per heavy atom. The van der Waals surface area contributed by atoms with Gasteiger partial charge in [0.1, 0.15) is 11.6 Å². The third kappa shape index (κ3) is 3.24. The summed E-state index contributed by atoms with van der Waals surface area (Å²) in [5.74, 6) is -3.83. The number of rotatable bonds is 8. The predicted molar refractivity (Wildman–Crippen MR) is 117 cm³/mol. The number of anilines is 1. The number of fused-ring (bicyclic) bond motifs is 1. The van der Waals surface area contributed by atoms with Gasteiger partial charge in [-0.2, -0.15) is 0 Å². The van der Waals surface area contributed by atoms with Crippen LogP contribution in [0.1, 0.15) is 26.2 Å². The van der Waals surface area contributed by atoms with E-state index in [2.05, 4.69) is 6.58 Å². The van der Waals surface area contributed by atoms with E-state index in [4.69, 9.17) is 16.3 Å². The second-order valence-electron chi connectivity index (χ2n) is 8.89. The normalized spacial score (nSPS) is 32.8. The molecule has 5 atom stereocenters. The first-order chi connectivity index (χ1) is 15.2. The molecular formula is C23H27ClN2O6. The smallest absolute Gasteiger partial charge is 0.310 e. The molecule has 1 aromatic carbocycles. The Bertz CT molecular complexity index is 952. The molecule has 3 heterocycles. The van der Waals surface area contributed by atoms with Gasteiger partial charge in [-0.3, -0.25) is 14.4 Å². The SMILES string of the molecule is C=CCN(C(=O)C1N(CCCO)C(=O)[C@@H]2[C@H](C(=O)O)[C@]3(C)CCC12O3)c1ccc(Cl)cc1. The summed E-state index contributed by atoms with van der Waals surface area (Å²) in [5, 5.41) is 19.8. The summed E-state index contributed by atoms with van der Waals surface area (Å²) < 4.78 is 6.34. The van der Waals surface area contributed by atoms with E-state index in [9.17, 15) is 24.6 Å². The first-order valence-electron chi connectivity index (χ1n) is 10.7. The molecule has 3 aliphatic heterocycles. The molecule has 1 aromatic rings. The molecular weight excluding hydrogens is 436 g/mol. The lowest BCUT2D eigenvalue weighted by Gasteiger charge is -2.36. The number of nitrogens with zero attached hydrogens (tertiary/aromatic N) is 2. The molecule has 0 radical (unpaired) electrons. The summed E-state index contributed by atoms with van der Waals surface area (Å²) >= 11 is 6.01. The monoisotopic (exact) mass is 462 g/mol. The number of carboxylic acid groups (broad SMARTS) is 1. The maximum Gasteiger partial charge on any atom is 0.310 e. The topological polar surface area (TPSA) is 107 Å². The largest absolute Gasteiger partial charge is 0.481 e. The summed E-state index contributed by atoms with van der Waals surface area (Å²) in [5.41, 5.74) is -1.63. The Hall–Kier alpha value is -2.42. The van der Waals surface area contributed by atoms with Gasteiger partial charge in [-0.05, 0) is 50.5 Å². The minimum Gasteiger partial charge on any atom is -0.481 e. The number of ether oxygens (including phenoxy) is 1. The highest BCUT2D eigenvalue weighted by atomic mass is 35.5. The molecule has 8 nitrogen and oxygen atoms in total. The molecule has 32 heavy (non-hydrogen) atoms. The molecule has 2 unspecified atom stereocenters. The average molecular weight is 463 g/mol. The number of aliphatic hydroxyl groups excluding tert-OH is 1. The molecule has 0 saturated carbocycles. The molecule has 2 bridgehead atoms. The lowest BCUT2D eigenvalue weighted by molar-refractivity contribution is -0.154. The molecule has 0 aliphatic carbocycles. The van der Waals surface area contributed by atoms with Gasteiger partial charge in [0.2, 0.25) is 5.91 Å². The third-order valence-corrected chi connectivity index (χ3v) is 7.30. The fourth-order valence-corrected chi connectivity index (χ4v) is 5.91. The lowest BCUT2D eigenvalue weighted by atomic mass is 9.66. The predicted octanol–water partition coefficient (Wildman–Crippen LogP) is 2.09. The van der Waals surface area contributed by atoms with Crippen LogP contribution in [-0.2, 0) is 19.1 Å². The van der Waals surface area contributed by atoms with Gasteiger partial charge >= 0.3 is 5.97 Å². The summed E-state index contributed by atoms with van der Waals surface area (Å²) in [7, 11) is 0. The summed E-state index contributed by atoms with van der Waals surface area (Å²) in [6, 6.07) is 5.77. The van der Waals surface area contributed by atoms with E-state index in [1.54, 1.807) is 37.3 Å². The van der Waals surface area contributed by atoms with Gasteiger partial charge < -0.3 is 24.7 Å². The molecule has 3 fully saturated rings. The van der Waals surface area contributed by atoms with Crippen molar-refractivity contribution in [1.82, 2.24) is 4.90 Å². The zero-order valence-electron chi connectivity index (χ0n) is 17.9. The van der Waals surface area contributed by atoms with Crippen LogP contribution < -0.4 is 4.90 Å². The van der Waals surface area contributed by atoms with E-state index in [0.29, 0.717) is 23.6 Å². The maximum atomic E-state index is 14.0. The van der Waals surface area contributed by atoms with E-state index in [0.717, 1.165) is 0 Å². The Labute approximate surface area is 191 Å². The van der Waals surface area contributed by atoms with Gasteiger partial charge in [-0.15, -0.1) is 6.58 Å². The summed E-state index contributed by atoms with van der Waals surface area (Å²) in [6.45, 7) is 5.64. The number of hydrogen-bond acceptors (Lipinski definition) is 5. The van der Waals surface area contributed by atoms with Gasteiger partial charge in [0.25, 0.3) is 5.91 Å². The Morgan fingerprint density at radius 1 is 1.34 bits per heavy atom. The molecule has 3 saturated heterocycles. The van der Waals surface area contributed by atoms with Crippen LogP contribution in [0.15, 0.2) is 36.9 Å². The third-order valence-electron chi connectivity index (χ3n) is 7.05. The second-order valence-corrected chi connectivity index (χ2v) is 9.32. The van der Waals surface area contributed by atoms with Crippen LogP contribution in [0.5, 0.6) is 0 Å². The molecule has 9 heteroatoms. The van der Waals surface area contributed by atoms with Crippen LogP contribution in [0.2, 0.25) is 5.02 Å². The molecule has 0 aromatic heterocycles. The van der Waals surface area contributed by atoms with Crippen molar-refractivity contribution < 1.29 is 29.3 Å². The highest BCUT2D eigenvalue weighted by Crippen LogP contribution is 2.63. The average Bonchev–Trinajstić information content (AvgIpc) is 3.31. The van der Waals surface area contributed by atoms with Crippen LogP contribution >= 0.6 is 11.6 Å². The number of aliphatic hydroxyl groups is 1. The number of likely N-dealkylation sites (tertiary alicyclic amines) is 1. The first kappa shape index (κ1) is 22.8. The number of halogens is 1. The van der Waals surface area contributed by atoms with Crippen LogP contribution in [0, 0.1) is 11.8 Å². The number of carbonyl (C=O) groups is 3. The van der Waals surface area contributed by atoms with E-state index < -0.39 is 41.0 Å². The van der Waals surface area contributed by atoms with Crippen molar-refractivity contribution in [3.8, 4) is 0 Å². The molecule has 4 rings (SSSR count). The summed E-state index contributed by atoms with van der Waals surface area (Å²) in [4.78, 5) is 42.6. The van der Waals surface area contributed by atoms with Crippen molar-refractivity contribution in [2.24, 2.45) is 11.8 Å². The van der Waals surface area contributed by atoms with Crippen molar-refractivity contribution in [2.45, 2.75) is 43.4 Å².